The van der Waals surface area contributed by atoms with Crippen LogP contribution in [-0.4, -0.2) is 111 Å². The first-order valence-electron chi connectivity index (χ1n) is 8.14. The van der Waals surface area contributed by atoms with Gasteiger partial charge >= 0.3 is 0 Å². The zero-order valence-electron chi connectivity index (χ0n) is 14.1. The molecule has 2 rings (SSSR count). The summed E-state index contributed by atoms with van der Waals surface area (Å²) in [6.45, 7) is -0.0937. The fourth-order valence-electron chi connectivity index (χ4n) is 3.01. The highest BCUT2D eigenvalue weighted by Gasteiger charge is 2.50. The minimum Gasteiger partial charge on any atom is -0.394 e. The molecular formula is C14H26N2O10. The quantitative estimate of drug-likeness (QED) is 0.225. The molecule has 10 atom stereocenters. The summed E-state index contributed by atoms with van der Waals surface area (Å²) in [5.74, 6) is -0.549. The molecule has 0 radical (unpaired) electrons. The molecule has 2 fully saturated rings. The summed E-state index contributed by atoms with van der Waals surface area (Å²) >= 11 is 0. The van der Waals surface area contributed by atoms with Crippen LogP contribution in [0.15, 0.2) is 0 Å². The molecular weight excluding hydrogens is 356 g/mol. The number of ether oxygens (including phenoxy) is 3. The second-order valence-corrected chi connectivity index (χ2v) is 6.35. The lowest BCUT2D eigenvalue weighted by molar-refractivity contribution is -0.326. The number of carbonyl (C=O) groups is 1. The summed E-state index contributed by atoms with van der Waals surface area (Å²) < 4.78 is 16.1. The van der Waals surface area contributed by atoms with Gasteiger partial charge in [-0.15, -0.1) is 0 Å². The van der Waals surface area contributed by atoms with E-state index in [9.17, 15) is 35.4 Å². The van der Waals surface area contributed by atoms with Gasteiger partial charge in [-0.1, -0.05) is 0 Å². The van der Waals surface area contributed by atoms with Crippen molar-refractivity contribution < 1.29 is 49.6 Å². The van der Waals surface area contributed by atoms with E-state index in [0.717, 1.165) is 0 Å². The van der Waals surface area contributed by atoms with E-state index in [1.54, 1.807) is 0 Å². The van der Waals surface area contributed by atoms with Gasteiger partial charge in [0.25, 0.3) is 0 Å². The van der Waals surface area contributed by atoms with Crippen molar-refractivity contribution in [3.8, 4) is 0 Å². The smallest absolute Gasteiger partial charge is 0.217 e. The minimum atomic E-state index is -1.54. The number of rotatable bonds is 5. The summed E-state index contributed by atoms with van der Waals surface area (Å²) in [5, 5.41) is 61.1. The van der Waals surface area contributed by atoms with Crippen LogP contribution in [0.5, 0.6) is 0 Å². The summed E-state index contributed by atoms with van der Waals surface area (Å²) in [7, 11) is 0. The maximum atomic E-state index is 11.4. The lowest BCUT2D eigenvalue weighted by Gasteiger charge is -2.46. The van der Waals surface area contributed by atoms with Crippen LogP contribution in [0.25, 0.3) is 0 Å². The number of aliphatic hydroxyl groups is 6. The zero-order chi connectivity index (χ0) is 19.6. The van der Waals surface area contributed by atoms with Crippen LogP contribution in [0.1, 0.15) is 6.92 Å². The molecule has 10 unspecified atom stereocenters. The van der Waals surface area contributed by atoms with Gasteiger partial charge in [-0.05, 0) is 0 Å². The zero-order valence-corrected chi connectivity index (χ0v) is 14.1. The highest BCUT2D eigenvalue weighted by molar-refractivity contribution is 5.73. The summed E-state index contributed by atoms with van der Waals surface area (Å²) in [4.78, 5) is 11.4. The molecule has 0 aromatic carbocycles. The fraction of sp³-hybridized carbons (Fsp3) is 0.929. The summed E-state index contributed by atoms with van der Waals surface area (Å²) in [5.41, 5.74) is 5.63. The largest absolute Gasteiger partial charge is 0.394 e. The molecule has 0 saturated carbocycles. The average Bonchev–Trinajstić information content (AvgIpc) is 2.60. The van der Waals surface area contributed by atoms with Gasteiger partial charge in [-0.2, -0.15) is 0 Å². The van der Waals surface area contributed by atoms with Crippen molar-refractivity contribution in [2.24, 2.45) is 5.73 Å². The van der Waals surface area contributed by atoms with E-state index in [1.165, 1.54) is 6.92 Å². The maximum absolute atomic E-state index is 11.4. The minimum absolute atomic E-state index is 0.549. The predicted molar refractivity (Wildman–Crippen MR) is 82.2 cm³/mol. The van der Waals surface area contributed by atoms with E-state index in [2.05, 4.69) is 5.32 Å². The highest BCUT2D eigenvalue weighted by atomic mass is 16.7. The maximum Gasteiger partial charge on any atom is 0.217 e. The lowest BCUT2D eigenvalue weighted by atomic mass is 9.95. The van der Waals surface area contributed by atoms with Gasteiger partial charge < -0.3 is 55.9 Å². The standard InChI is InChI=1S/C14H26N2O10/c1-4(19)16-8-11(22)9(20)5(2-17)25-14(8)26-12-6(3-18)24-13(23)7(15)10(12)21/h5-14,17-18,20-23H,2-3,15H2,1H3,(H,16,19). The molecule has 2 saturated heterocycles. The molecule has 26 heavy (non-hydrogen) atoms. The Bertz CT molecular complexity index is 481. The molecule has 2 aliphatic heterocycles. The van der Waals surface area contributed by atoms with Crippen LogP contribution >= 0.6 is 0 Å². The summed E-state index contributed by atoms with van der Waals surface area (Å²) in [6, 6.07) is -2.48. The molecule has 0 aromatic rings. The average molecular weight is 382 g/mol. The van der Waals surface area contributed by atoms with Crippen LogP contribution in [0.3, 0.4) is 0 Å². The number of hydrogen-bond acceptors (Lipinski definition) is 11. The Balaban J connectivity index is 2.22. The first-order chi connectivity index (χ1) is 12.2. The molecule has 0 aliphatic carbocycles. The highest BCUT2D eigenvalue weighted by Crippen LogP contribution is 2.28. The third kappa shape index (κ3) is 4.31. The second-order valence-electron chi connectivity index (χ2n) is 6.35. The van der Waals surface area contributed by atoms with Crippen molar-refractivity contribution in [1.82, 2.24) is 5.32 Å². The Kier molecular flexibility index (Phi) is 7.27. The third-order valence-electron chi connectivity index (χ3n) is 4.46. The molecule has 12 nitrogen and oxygen atoms in total. The first-order valence-corrected chi connectivity index (χ1v) is 8.14. The molecule has 0 bridgehead atoms. The van der Waals surface area contributed by atoms with Crippen molar-refractivity contribution in [2.75, 3.05) is 13.2 Å². The SMILES string of the molecule is CC(=O)NC1C(OC2C(CO)OC(O)C(N)C2O)OC(CO)C(O)C1O. The number of nitrogens with two attached hydrogens (primary N) is 1. The summed E-state index contributed by atoms with van der Waals surface area (Å²) in [6.07, 6.45) is -11.1. The van der Waals surface area contributed by atoms with E-state index in [4.69, 9.17) is 19.9 Å². The number of hydrogen-bond donors (Lipinski definition) is 8. The van der Waals surface area contributed by atoms with Crippen LogP contribution < -0.4 is 11.1 Å². The van der Waals surface area contributed by atoms with Gasteiger partial charge in [0.2, 0.25) is 5.91 Å². The van der Waals surface area contributed by atoms with Crippen molar-refractivity contribution in [1.29, 1.82) is 0 Å². The van der Waals surface area contributed by atoms with E-state index in [-0.39, 0.29) is 0 Å². The van der Waals surface area contributed by atoms with E-state index >= 15 is 0 Å². The molecule has 12 heteroatoms. The van der Waals surface area contributed by atoms with E-state index < -0.39 is 80.4 Å². The molecule has 0 spiro atoms. The number of carbonyl (C=O) groups excluding carboxylic acids is 1. The van der Waals surface area contributed by atoms with Crippen molar-refractivity contribution >= 4 is 5.91 Å². The number of aliphatic hydroxyl groups excluding tert-OH is 6. The molecule has 2 aliphatic rings. The topological polar surface area (TPSA) is 204 Å². The van der Waals surface area contributed by atoms with E-state index in [0.29, 0.717) is 0 Å². The van der Waals surface area contributed by atoms with Crippen LogP contribution in [0.2, 0.25) is 0 Å². The Morgan fingerprint density at radius 3 is 2.19 bits per heavy atom. The molecule has 0 aromatic heterocycles. The Morgan fingerprint density at radius 1 is 1.04 bits per heavy atom. The van der Waals surface area contributed by atoms with Crippen LogP contribution in [-0.2, 0) is 19.0 Å². The second kappa shape index (κ2) is 8.84. The number of nitrogens with one attached hydrogen (secondary N) is 1. The molecule has 152 valence electrons. The van der Waals surface area contributed by atoms with Crippen molar-refractivity contribution in [2.45, 2.75) is 68.2 Å². The molecule has 9 N–H and O–H groups in total. The van der Waals surface area contributed by atoms with Gasteiger partial charge in [0, 0.05) is 6.92 Å². The van der Waals surface area contributed by atoms with Crippen LogP contribution in [0.4, 0.5) is 0 Å². The van der Waals surface area contributed by atoms with Crippen LogP contribution in [0, 0.1) is 0 Å². The van der Waals surface area contributed by atoms with Gasteiger partial charge in [-0.25, -0.2) is 0 Å². The Hall–Kier alpha value is -0.930. The first kappa shape index (κ1) is 21.4. The van der Waals surface area contributed by atoms with E-state index in [1.807, 2.05) is 0 Å². The Labute approximate surface area is 149 Å². The van der Waals surface area contributed by atoms with Gasteiger partial charge in [0.05, 0.1) is 19.3 Å². The molecule has 2 heterocycles. The predicted octanol–water partition coefficient (Wildman–Crippen LogP) is -5.29. The van der Waals surface area contributed by atoms with Gasteiger partial charge in [0.15, 0.2) is 12.6 Å². The fourth-order valence-corrected chi connectivity index (χ4v) is 3.01. The lowest BCUT2D eigenvalue weighted by Crippen LogP contribution is -2.68. The van der Waals surface area contributed by atoms with Crippen molar-refractivity contribution in [3.05, 3.63) is 0 Å². The number of amides is 1. The van der Waals surface area contributed by atoms with Gasteiger partial charge in [-0.3, -0.25) is 4.79 Å². The van der Waals surface area contributed by atoms with Crippen molar-refractivity contribution in [3.63, 3.8) is 0 Å². The third-order valence-corrected chi connectivity index (χ3v) is 4.46. The normalized spacial score (nSPS) is 46.8. The van der Waals surface area contributed by atoms with Gasteiger partial charge in [0.1, 0.15) is 42.7 Å². The molecule has 1 amide bonds. The monoisotopic (exact) mass is 382 g/mol. The Morgan fingerprint density at radius 2 is 1.65 bits per heavy atom.